The summed E-state index contributed by atoms with van der Waals surface area (Å²) in [5, 5.41) is 12.7. The van der Waals surface area contributed by atoms with Crippen LogP contribution in [0.4, 0.5) is 0 Å². The van der Waals surface area contributed by atoms with Gasteiger partial charge in [0.2, 0.25) is 5.91 Å². The van der Waals surface area contributed by atoms with Crippen molar-refractivity contribution in [1.29, 1.82) is 0 Å². The third kappa shape index (κ3) is 2.76. The Morgan fingerprint density at radius 2 is 1.81 bits per heavy atom. The van der Waals surface area contributed by atoms with Crippen LogP contribution in [0.1, 0.15) is 18.4 Å². The summed E-state index contributed by atoms with van der Waals surface area (Å²) in [6.45, 7) is 0.357. The van der Waals surface area contributed by atoms with E-state index in [1.165, 1.54) is 0 Å². The topological polar surface area (TPSA) is 75.6 Å². The number of hydrogen-bond donors (Lipinski definition) is 2. The molecular weight excluding hydrogens is 294 g/mol. The molecule has 2 saturated heterocycles. The van der Waals surface area contributed by atoms with Gasteiger partial charge < -0.3 is 15.2 Å². The van der Waals surface area contributed by atoms with Crippen molar-refractivity contribution < 1.29 is 19.4 Å². The molecule has 2 heterocycles. The third-order valence-corrected chi connectivity index (χ3v) is 4.49. The van der Waals surface area contributed by atoms with E-state index in [1.54, 1.807) is 12.1 Å². The van der Waals surface area contributed by atoms with Gasteiger partial charge in [0.05, 0.1) is 24.0 Å². The number of carboxylic acids is 1. The Bertz CT molecular complexity index is 559. The average molecular weight is 310 g/mol. The van der Waals surface area contributed by atoms with Crippen molar-refractivity contribution in [1.82, 2.24) is 5.32 Å². The molecule has 1 aromatic carbocycles. The summed E-state index contributed by atoms with van der Waals surface area (Å²) >= 11 is 5.81. The highest BCUT2D eigenvalue weighted by Crippen LogP contribution is 2.43. The van der Waals surface area contributed by atoms with Crippen LogP contribution in [0.2, 0.25) is 5.02 Å². The molecule has 21 heavy (non-hydrogen) atoms. The van der Waals surface area contributed by atoms with Crippen LogP contribution in [0.3, 0.4) is 0 Å². The van der Waals surface area contributed by atoms with Gasteiger partial charge in [-0.25, -0.2) is 0 Å². The van der Waals surface area contributed by atoms with Crippen LogP contribution in [-0.4, -0.2) is 29.2 Å². The Balaban J connectivity index is 1.64. The van der Waals surface area contributed by atoms with E-state index in [0.29, 0.717) is 11.6 Å². The van der Waals surface area contributed by atoms with Crippen molar-refractivity contribution in [2.45, 2.75) is 31.6 Å². The second kappa shape index (κ2) is 5.66. The highest BCUT2D eigenvalue weighted by molar-refractivity contribution is 6.30. The number of hydrogen-bond acceptors (Lipinski definition) is 3. The van der Waals surface area contributed by atoms with Gasteiger partial charge in [0.15, 0.2) is 0 Å². The van der Waals surface area contributed by atoms with E-state index in [1.807, 2.05) is 12.1 Å². The number of benzene rings is 1. The minimum atomic E-state index is -0.950. The molecular formula is C15H16ClNO4. The Morgan fingerprint density at radius 3 is 2.43 bits per heavy atom. The zero-order chi connectivity index (χ0) is 15.0. The van der Waals surface area contributed by atoms with Crippen molar-refractivity contribution in [3.05, 3.63) is 34.9 Å². The SMILES string of the molecule is O=C(O)C1C(C(=O)NCc2ccc(Cl)cc2)[C@H]2CC[C@@H]1O2. The maximum absolute atomic E-state index is 12.3. The molecule has 1 aromatic rings. The first kappa shape index (κ1) is 14.4. The molecule has 0 spiro atoms. The number of aliphatic carboxylic acids is 1. The molecule has 4 atom stereocenters. The normalized spacial score (nSPS) is 30.3. The number of ether oxygens (including phenoxy) is 1. The number of nitrogens with one attached hydrogen (secondary N) is 1. The van der Waals surface area contributed by atoms with E-state index in [9.17, 15) is 14.7 Å². The van der Waals surface area contributed by atoms with Gasteiger partial charge in [0.1, 0.15) is 0 Å². The van der Waals surface area contributed by atoms with Crippen LogP contribution in [0.15, 0.2) is 24.3 Å². The van der Waals surface area contributed by atoms with Crippen LogP contribution < -0.4 is 5.32 Å². The van der Waals surface area contributed by atoms with Crippen LogP contribution >= 0.6 is 11.6 Å². The Hall–Kier alpha value is -1.59. The monoisotopic (exact) mass is 309 g/mol. The van der Waals surface area contributed by atoms with E-state index < -0.39 is 17.8 Å². The highest BCUT2D eigenvalue weighted by atomic mass is 35.5. The molecule has 2 aliphatic rings. The summed E-state index contributed by atoms with van der Waals surface area (Å²) in [5.41, 5.74) is 0.920. The standard InChI is InChI=1S/C15H16ClNO4/c16-9-3-1-8(2-4-9)7-17-14(18)12-10-5-6-11(21-10)13(12)15(19)20/h1-4,10-13H,5-7H2,(H,17,18)(H,19,20)/t10-,11+,12?,13?/m1/s1. The second-order valence-electron chi connectivity index (χ2n) is 5.52. The van der Waals surface area contributed by atoms with E-state index in [-0.39, 0.29) is 18.1 Å². The molecule has 0 aromatic heterocycles. The second-order valence-corrected chi connectivity index (χ2v) is 5.96. The number of carbonyl (C=O) groups excluding carboxylic acids is 1. The molecule has 5 nitrogen and oxygen atoms in total. The fourth-order valence-electron chi connectivity index (χ4n) is 3.23. The first-order chi connectivity index (χ1) is 10.1. The van der Waals surface area contributed by atoms with E-state index in [2.05, 4.69) is 5.32 Å². The summed E-state index contributed by atoms with van der Waals surface area (Å²) in [4.78, 5) is 23.7. The van der Waals surface area contributed by atoms with Crippen molar-refractivity contribution in [3.8, 4) is 0 Å². The molecule has 0 radical (unpaired) electrons. The van der Waals surface area contributed by atoms with Gasteiger partial charge in [-0.05, 0) is 30.5 Å². The highest BCUT2D eigenvalue weighted by Gasteiger charge is 2.55. The van der Waals surface area contributed by atoms with E-state index in [4.69, 9.17) is 16.3 Å². The number of carbonyl (C=O) groups is 2. The molecule has 112 valence electrons. The van der Waals surface area contributed by atoms with E-state index >= 15 is 0 Å². The Kier molecular flexibility index (Phi) is 3.87. The number of halogens is 1. The molecule has 2 fully saturated rings. The largest absolute Gasteiger partial charge is 0.481 e. The lowest BCUT2D eigenvalue weighted by molar-refractivity contribution is -0.147. The minimum absolute atomic E-state index is 0.246. The molecule has 0 aliphatic carbocycles. The fraction of sp³-hybridized carbons (Fsp3) is 0.467. The summed E-state index contributed by atoms with van der Waals surface area (Å²) in [6.07, 6.45) is 0.899. The lowest BCUT2D eigenvalue weighted by atomic mass is 9.78. The Labute approximate surface area is 127 Å². The third-order valence-electron chi connectivity index (χ3n) is 4.24. The van der Waals surface area contributed by atoms with Crippen LogP contribution in [0.25, 0.3) is 0 Å². The first-order valence-electron chi connectivity index (χ1n) is 6.96. The number of carboxylic acid groups (broad SMARTS) is 1. The lowest BCUT2D eigenvalue weighted by Gasteiger charge is -2.23. The molecule has 0 saturated carbocycles. The van der Waals surface area contributed by atoms with Crippen LogP contribution in [0, 0.1) is 11.8 Å². The average Bonchev–Trinajstić information content (AvgIpc) is 3.06. The molecule has 6 heteroatoms. The van der Waals surface area contributed by atoms with Gasteiger partial charge >= 0.3 is 5.97 Å². The fourth-order valence-corrected chi connectivity index (χ4v) is 3.36. The minimum Gasteiger partial charge on any atom is -0.481 e. The molecule has 2 bridgehead atoms. The van der Waals surface area contributed by atoms with Gasteiger partial charge in [-0.2, -0.15) is 0 Å². The smallest absolute Gasteiger partial charge is 0.310 e. The first-order valence-corrected chi connectivity index (χ1v) is 7.34. The summed E-state index contributed by atoms with van der Waals surface area (Å²) in [5.74, 6) is -2.51. The number of amides is 1. The molecule has 2 unspecified atom stereocenters. The summed E-state index contributed by atoms with van der Waals surface area (Å²) in [7, 11) is 0. The van der Waals surface area contributed by atoms with E-state index in [0.717, 1.165) is 18.4 Å². The predicted octanol–water partition coefficient (Wildman–Crippen LogP) is 1.83. The molecule has 2 N–H and O–H groups in total. The van der Waals surface area contributed by atoms with Gasteiger partial charge in [-0.15, -0.1) is 0 Å². The van der Waals surface area contributed by atoms with Gasteiger partial charge in [-0.1, -0.05) is 23.7 Å². The summed E-state index contributed by atoms with van der Waals surface area (Å²) in [6, 6.07) is 7.16. The van der Waals surface area contributed by atoms with Gasteiger partial charge in [0.25, 0.3) is 0 Å². The predicted molar refractivity (Wildman–Crippen MR) is 75.8 cm³/mol. The van der Waals surface area contributed by atoms with Crippen LogP contribution in [0.5, 0.6) is 0 Å². The van der Waals surface area contributed by atoms with Crippen molar-refractivity contribution in [2.75, 3.05) is 0 Å². The van der Waals surface area contributed by atoms with Crippen molar-refractivity contribution in [2.24, 2.45) is 11.8 Å². The van der Waals surface area contributed by atoms with Crippen molar-refractivity contribution >= 4 is 23.5 Å². The summed E-state index contributed by atoms with van der Waals surface area (Å²) < 4.78 is 5.59. The molecule has 1 amide bonds. The van der Waals surface area contributed by atoms with Crippen LogP contribution in [-0.2, 0) is 20.9 Å². The number of fused-ring (bicyclic) bond motifs is 2. The lowest BCUT2D eigenvalue weighted by Crippen LogP contribution is -2.43. The zero-order valence-electron chi connectivity index (χ0n) is 11.3. The quantitative estimate of drug-likeness (QED) is 0.890. The molecule has 3 rings (SSSR count). The van der Waals surface area contributed by atoms with Gasteiger partial charge in [-0.3, -0.25) is 9.59 Å². The van der Waals surface area contributed by atoms with Gasteiger partial charge in [0, 0.05) is 11.6 Å². The maximum Gasteiger partial charge on any atom is 0.310 e. The number of rotatable bonds is 4. The maximum atomic E-state index is 12.3. The zero-order valence-corrected chi connectivity index (χ0v) is 12.0. The molecule has 2 aliphatic heterocycles. The van der Waals surface area contributed by atoms with Crippen molar-refractivity contribution in [3.63, 3.8) is 0 Å². The Morgan fingerprint density at radius 1 is 1.19 bits per heavy atom.